The van der Waals surface area contributed by atoms with E-state index in [2.05, 4.69) is 13.8 Å². The zero-order valence-electron chi connectivity index (χ0n) is 10.2. The topological polar surface area (TPSA) is 35.2 Å². The van der Waals surface area contributed by atoms with Crippen LogP contribution in [0.25, 0.3) is 0 Å². The Morgan fingerprint density at radius 2 is 2.13 bits per heavy atom. The average molecular weight is 211 g/mol. The van der Waals surface area contributed by atoms with Crippen LogP contribution in [0.3, 0.4) is 0 Å². The molecule has 0 spiro atoms. The maximum Gasteiger partial charge on any atom is 0.0658 e. The summed E-state index contributed by atoms with van der Waals surface area (Å²) < 4.78 is 5.98. The summed E-state index contributed by atoms with van der Waals surface area (Å²) >= 11 is 0. The highest BCUT2D eigenvalue weighted by Gasteiger charge is 2.49. The molecule has 3 unspecified atom stereocenters. The van der Waals surface area contributed by atoms with Crippen molar-refractivity contribution < 1.29 is 4.74 Å². The van der Waals surface area contributed by atoms with Crippen LogP contribution in [0.15, 0.2) is 0 Å². The Labute approximate surface area is 93.6 Å². The molecular formula is C13H25NO. The van der Waals surface area contributed by atoms with E-state index in [1.54, 1.807) is 0 Å². The predicted molar refractivity (Wildman–Crippen MR) is 62.7 cm³/mol. The van der Waals surface area contributed by atoms with Gasteiger partial charge in [-0.15, -0.1) is 0 Å². The van der Waals surface area contributed by atoms with Crippen molar-refractivity contribution in [2.75, 3.05) is 6.61 Å². The summed E-state index contributed by atoms with van der Waals surface area (Å²) in [7, 11) is 0. The molecule has 2 nitrogen and oxygen atoms in total. The second-order valence-electron chi connectivity index (χ2n) is 5.65. The molecule has 0 aromatic heterocycles. The summed E-state index contributed by atoms with van der Waals surface area (Å²) in [5, 5.41) is 0. The lowest BCUT2D eigenvalue weighted by atomic mass is 9.62. The van der Waals surface area contributed by atoms with E-state index in [1.165, 1.54) is 25.7 Å². The summed E-state index contributed by atoms with van der Waals surface area (Å²) in [6.07, 6.45) is 8.20. The summed E-state index contributed by atoms with van der Waals surface area (Å²) in [4.78, 5) is 0. The van der Waals surface area contributed by atoms with Crippen LogP contribution in [0.4, 0.5) is 0 Å². The van der Waals surface area contributed by atoms with E-state index in [9.17, 15) is 0 Å². The van der Waals surface area contributed by atoms with Gasteiger partial charge in [0.2, 0.25) is 0 Å². The molecule has 0 aromatic rings. The van der Waals surface area contributed by atoms with E-state index in [1.807, 2.05) is 0 Å². The first kappa shape index (κ1) is 11.4. The van der Waals surface area contributed by atoms with Crippen LogP contribution in [0.1, 0.15) is 52.4 Å². The fraction of sp³-hybridized carbons (Fsp3) is 1.00. The highest BCUT2D eigenvalue weighted by atomic mass is 16.5. The van der Waals surface area contributed by atoms with Crippen molar-refractivity contribution in [1.29, 1.82) is 0 Å². The van der Waals surface area contributed by atoms with E-state index < -0.39 is 0 Å². The standard InChI is InChI=1S/C13H25NO/c1-3-13(2)11(14)9-12(13)15-8-7-10-5-4-6-10/h10-12H,3-9,14H2,1-2H3. The smallest absolute Gasteiger partial charge is 0.0658 e. The van der Waals surface area contributed by atoms with Gasteiger partial charge >= 0.3 is 0 Å². The fourth-order valence-corrected chi connectivity index (χ4v) is 2.75. The van der Waals surface area contributed by atoms with Gasteiger partial charge in [0.15, 0.2) is 0 Å². The summed E-state index contributed by atoms with van der Waals surface area (Å²) in [5.41, 5.74) is 6.30. The molecule has 88 valence electrons. The predicted octanol–water partition coefficient (Wildman–Crippen LogP) is 2.71. The molecule has 0 saturated heterocycles. The Morgan fingerprint density at radius 3 is 2.60 bits per heavy atom. The van der Waals surface area contributed by atoms with E-state index in [0.29, 0.717) is 12.1 Å². The average Bonchev–Trinajstić information content (AvgIpc) is 2.18. The Bertz CT molecular complexity index is 215. The molecule has 2 heteroatoms. The second kappa shape index (κ2) is 4.42. The molecule has 0 aliphatic heterocycles. The normalized spacial score (nSPS) is 41.0. The lowest BCUT2D eigenvalue weighted by Crippen LogP contribution is -2.60. The minimum atomic E-state index is 0.250. The minimum absolute atomic E-state index is 0.250. The fourth-order valence-electron chi connectivity index (χ4n) is 2.75. The Morgan fingerprint density at radius 1 is 1.40 bits per heavy atom. The number of rotatable bonds is 5. The summed E-state index contributed by atoms with van der Waals surface area (Å²) in [6.45, 7) is 5.45. The minimum Gasteiger partial charge on any atom is -0.378 e. The van der Waals surface area contributed by atoms with Crippen molar-refractivity contribution in [2.45, 2.75) is 64.5 Å². The maximum absolute atomic E-state index is 6.05. The van der Waals surface area contributed by atoms with Gasteiger partial charge < -0.3 is 10.5 Å². The molecule has 0 radical (unpaired) electrons. The lowest BCUT2D eigenvalue weighted by Gasteiger charge is -2.52. The van der Waals surface area contributed by atoms with Crippen LogP contribution in [0.2, 0.25) is 0 Å². The number of hydrogen-bond acceptors (Lipinski definition) is 2. The summed E-state index contributed by atoms with van der Waals surface area (Å²) in [5.74, 6) is 0.964. The number of hydrogen-bond donors (Lipinski definition) is 1. The largest absolute Gasteiger partial charge is 0.378 e. The lowest BCUT2D eigenvalue weighted by molar-refractivity contribution is -0.122. The van der Waals surface area contributed by atoms with Crippen molar-refractivity contribution in [3.05, 3.63) is 0 Å². The monoisotopic (exact) mass is 211 g/mol. The third kappa shape index (κ3) is 2.07. The molecule has 0 heterocycles. The van der Waals surface area contributed by atoms with Crippen LogP contribution in [0, 0.1) is 11.3 Å². The van der Waals surface area contributed by atoms with Gasteiger partial charge in [-0.2, -0.15) is 0 Å². The van der Waals surface area contributed by atoms with Crippen molar-refractivity contribution in [3.63, 3.8) is 0 Å². The van der Waals surface area contributed by atoms with Crippen molar-refractivity contribution in [2.24, 2.45) is 17.1 Å². The first-order chi connectivity index (χ1) is 7.16. The molecule has 0 aromatic carbocycles. The van der Waals surface area contributed by atoms with Crippen LogP contribution < -0.4 is 5.73 Å². The SMILES string of the molecule is CCC1(C)C(N)CC1OCCC1CCC1. The quantitative estimate of drug-likeness (QED) is 0.759. The molecule has 2 aliphatic rings. The molecule has 2 aliphatic carbocycles. The molecule has 2 rings (SSSR count). The third-order valence-corrected chi connectivity index (χ3v) is 4.88. The van der Waals surface area contributed by atoms with Crippen LogP contribution in [-0.2, 0) is 4.74 Å². The number of ether oxygens (including phenoxy) is 1. The highest BCUT2D eigenvalue weighted by Crippen LogP contribution is 2.44. The second-order valence-corrected chi connectivity index (χ2v) is 5.65. The van der Waals surface area contributed by atoms with E-state index in [4.69, 9.17) is 10.5 Å². The molecule has 3 atom stereocenters. The van der Waals surface area contributed by atoms with Gasteiger partial charge in [-0.05, 0) is 25.2 Å². The van der Waals surface area contributed by atoms with E-state index in [-0.39, 0.29) is 5.41 Å². The van der Waals surface area contributed by atoms with Crippen molar-refractivity contribution in [3.8, 4) is 0 Å². The highest BCUT2D eigenvalue weighted by molar-refractivity contribution is 5.03. The maximum atomic E-state index is 6.05. The van der Waals surface area contributed by atoms with Crippen LogP contribution in [-0.4, -0.2) is 18.8 Å². The van der Waals surface area contributed by atoms with Gasteiger partial charge in [-0.3, -0.25) is 0 Å². The van der Waals surface area contributed by atoms with Crippen LogP contribution >= 0.6 is 0 Å². The van der Waals surface area contributed by atoms with Gasteiger partial charge in [0.1, 0.15) is 0 Å². The molecule has 2 saturated carbocycles. The zero-order valence-corrected chi connectivity index (χ0v) is 10.2. The first-order valence-corrected chi connectivity index (χ1v) is 6.54. The Kier molecular flexibility index (Phi) is 3.36. The summed E-state index contributed by atoms with van der Waals surface area (Å²) in [6, 6.07) is 0.358. The van der Waals surface area contributed by atoms with Gasteiger partial charge in [-0.1, -0.05) is 33.1 Å². The van der Waals surface area contributed by atoms with Gasteiger partial charge in [0.05, 0.1) is 6.10 Å². The molecule has 0 amide bonds. The third-order valence-electron chi connectivity index (χ3n) is 4.88. The van der Waals surface area contributed by atoms with Crippen molar-refractivity contribution >= 4 is 0 Å². The Balaban J connectivity index is 1.66. The number of nitrogens with two attached hydrogens (primary N) is 1. The molecule has 0 bridgehead atoms. The zero-order chi connectivity index (χ0) is 10.9. The van der Waals surface area contributed by atoms with Crippen LogP contribution in [0.5, 0.6) is 0 Å². The molecule has 2 N–H and O–H groups in total. The van der Waals surface area contributed by atoms with Gasteiger partial charge in [0, 0.05) is 18.1 Å². The van der Waals surface area contributed by atoms with Gasteiger partial charge in [-0.25, -0.2) is 0 Å². The van der Waals surface area contributed by atoms with E-state index >= 15 is 0 Å². The first-order valence-electron chi connectivity index (χ1n) is 6.54. The molecular weight excluding hydrogens is 186 g/mol. The molecule has 15 heavy (non-hydrogen) atoms. The van der Waals surface area contributed by atoms with Gasteiger partial charge in [0.25, 0.3) is 0 Å². The van der Waals surface area contributed by atoms with Crippen molar-refractivity contribution in [1.82, 2.24) is 0 Å². The van der Waals surface area contributed by atoms with E-state index in [0.717, 1.165) is 25.4 Å². The molecule has 2 fully saturated rings. The Hall–Kier alpha value is -0.0800.